The lowest BCUT2D eigenvalue weighted by molar-refractivity contribution is -0.161. The molecule has 0 spiro atoms. The van der Waals surface area contributed by atoms with E-state index in [1.807, 2.05) is 0 Å². The van der Waals surface area contributed by atoms with Crippen molar-refractivity contribution in [1.82, 2.24) is 0 Å². The van der Waals surface area contributed by atoms with E-state index in [9.17, 15) is 43.2 Å². The van der Waals surface area contributed by atoms with E-state index in [0.717, 1.165) is 114 Å². The molecule has 0 fully saturated rings. The molecule has 0 aliphatic carbocycles. The summed E-state index contributed by atoms with van der Waals surface area (Å²) in [5.74, 6) is 0.263. The van der Waals surface area contributed by atoms with Gasteiger partial charge in [-0.2, -0.15) is 0 Å². The molecule has 98 heavy (non-hydrogen) atoms. The summed E-state index contributed by atoms with van der Waals surface area (Å²) < 4.78 is 68.6. The zero-order chi connectivity index (χ0) is 72.3. The number of carbonyl (C=O) groups excluding carboxylic acids is 4. The summed E-state index contributed by atoms with van der Waals surface area (Å²) in [6, 6.07) is 0. The highest BCUT2D eigenvalue weighted by Gasteiger charge is 2.30. The van der Waals surface area contributed by atoms with E-state index in [1.165, 1.54) is 212 Å². The van der Waals surface area contributed by atoms with Gasteiger partial charge in [0.05, 0.1) is 26.4 Å². The molecular weight excluding hydrogens is 1280 g/mol. The summed E-state index contributed by atoms with van der Waals surface area (Å²) >= 11 is 0. The highest BCUT2D eigenvalue weighted by molar-refractivity contribution is 7.47. The number of aliphatic hydroxyl groups excluding tert-OH is 1. The van der Waals surface area contributed by atoms with Gasteiger partial charge >= 0.3 is 39.5 Å². The van der Waals surface area contributed by atoms with E-state index >= 15 is 0 Å². The average Bonchev–Trinajstić information content (AvgIpc) is 1.09. The van der Waals surface area contributed by atoms with Crippen molar-refractivity contribution in [2.75, 3.05) is 39.6 Å². The van der Waals surface area contributed by atoms with Gasteiger partial charge in [0, 0.05) is 25.7 Å². The molecule has 0 saturated heterocycles. The molecule has 582 valence electrons. The third-order valence-electron chi connectivity index (χ3n) is 19.1. The molecule has 0 saturated carbocycles. The number of esters is 4. The predicted octanol–water partition coefficient (Wildman–Crippen LogP) is 23.4. The fraction of sp³-hybridized carbons (Fsp3) is 0.949. The first-order chi connectivity index (χ1) is 47.3. The largest absolute Gasteiger partial charge is 0.472 e. The van der Waals surface area contributed by atoms with Crippen LogP contribution in [0, 0.1) is 17.8 Å². The number of phosphoric ester groups is 2. The fourth-order valence-corrected chi connectivity index (χ4v) is 13.6. The maximum atomic E-state index is 13.1. The topological polar surface area (TPSA) is 237 Å². The summed E-state index contributed by atoms with van der Waals surface area (Å²) in [5.41, 5.74) is 0. The van der Waals surface area contributed by atoms with Gasteiger partial charge in [0.2, 0.25) is 0 Å². The number of aliphatic hydroxyl groups is 1. The van der Waals surface area contributed by atoms with Crippen LogP contribution in [0.15, 0.2) is 0 Å². The lowest BCUT2D eigenvalue weighted by Crippen LogP contribution is -2.30. The summed E-state index contributed by atoms with van der Waals surface area (Å²) in [4.78, 5) is 72.9. The number of hydrogen-bond donors (Lipinski definition) is 3. The first-order valence-electron chi connectivity index (χ1n) is 40.9. The Hall–Kier alpha value is -1.94. The summed E-state index contributed by atoms with van der Waals surface area (Å²) in [6.07, 6.45) is 56.8. The van der Waals surface area contributed by atoms with Crippen LogP contribution in [0.25, 0.3) is 0 Å². The van der Waals surface area contributed by atoms with Gasteiger partial charge < -0.3 is 33.8 Å². The molecule has 0 aliphatic rings. The molecule has 0 aromatic heterocycles. The van der Waals surface area contributed by atoms with E-state index in [2.05, 4.69) is 48.5 Å². The SMILES string of the molecule is CCCCCCCCCCCCCCCC(=O)O[C@H](COC(=O)CCCCCCCCC(C)CC)COP(=O)(O)OC[C@H](O)COP(=O)(O)OC[C@@H](COC(=O)CCCCCCCCCCCCCCCCC(C)C)OC(=O)CCCCCCCCCCCCCCCCC(C)CC. The maximum absolute atomic E-state index is 13.1. The summed E-state index contributed by atoms with van der Waals surface area (Å²) in [7, 11) is -9.92. The van der Waals surface area contributed by atoms with Crippen molar-refractivity contribution < 1.29 is 80.2 Å². The number of phosphoric acid groups is 2. The minimum absolute atomic E-state index is 0.107. The van der Waals surface area contributed by atoms with Crippen molar-refractivity contribution in [2.45, 2.75) is 426 Å². The molecule has 0 aliphatic heterocycles. The van der Waals surface area contributed by atoms with Crippen LogP contribution in [0.1, 0.15) is 408 Å². The van der Waals surface area contributed by atoms with Gasteiger partial charge in [-0.3, -0.25) is 37.3 Å². The van der Waals surface area contributed by atoms with Crippen LogP contribution in [0.5, 0.6) is 0 Å². The first kappa shape index (κ1) is 96.1. The Morgan fingerprint density at radius 1 is 0.296 bits per heavy atom. The highest BCUT2D eigenvalue weighted by atomic mass is 31.2. The molecule has 17 nitrogen and oxygen atoms in total. The summed E-state index contributed by atoms with van der Waals surface area (Å²) in [6.45, 7) is 12.0. The van der Waals surface area contributed by atoms with Crippen LogP contribution in [0.3, 0.4) is 0 Å². The van der Waals surface area contributed by atoms with E-state index in [-0.39, 0.29) is 25.7 Å². The second kappa shape index (κ2) is 69.4. The highest BCUT2D eigenvalue weighted by Crippen LogP contribution is 2.45. The number of carbonyl (C=O) groups is 4. The molecule has 0 radical (unpaired) electrons. The molecular formula is C79H154O17P2. The smallest absolute Gasteiger partial charge is 0.462 e. The minimum atomic E-state index is -4.96. The van der Waals surface area contributed by atoms with Crippen LogP contribution in [0.4, 0.5) is 0 Å². The van der Waals surface area contributed by atoms with E-state index in [4.69, 9.17) is 37.0 Å². The quantitative estimate of drug-likeness (QED) is 0.0222. The van der Waals surface area contributed by atoms with Crippen molar-refractivity contribution >= 4 is 39.5 Å². The standard InChI is InChI=1S/C79H154O17P2/c1-8-11-12-13-14-15-16-21-29-34-39-48-55-62-79(84)96-75(67-90-77(82)61-54-47-42-41-45-52-59-72(7)10-3)69-94-98(87,88)92-65-73(80)64-91-97(85,86)93-68-74(66-89-76(81)60-53-46-38-33-28-24-19-17-22-26-31-36-43-50-57-70(4)5)95-78(83)63-56-49-40-35-30-25-20-18-23-27-32-37-44-51-58-71(6)9-2/h70-75,80H,8-69H2,1-7H3,(H,85,86)(H,87,88)/t71?,72?,73-,74-,75-/m1/s1. The van der Waals surface area contributed by atoms with Gasteiger partial charge in [-0.05, 0) is 43.4 Å². The molecule has 3 N–H and O–H groups in total. The van der Waals surface area contributed by atoms with E-state index in [0.29, 0.717) is 25.7 Å². The zero-order valence-corrected chi connectivity index (χ0v) is 66.0. The Balaban J connectivity index is 5.25. The van der Waals surface area contributed by atoms with Gasteiger partial charge in [0.15, 0.2) is 12.2 Å². The second-order valence-electron chi connectivity index (χ2n) is 29.4. The molecule has 0 bridgehead atoms. The van der Waals surface area contributed by atoms with E-state index < -0.39 is 97.5 Å². The first-order valence-corrected chi connectivity index (χ1v) is 43.9. The number of unbranched alkanes of at least 4 members (excludes halogenated alkanes) is 43. The van der Waals surface area contributed by atoms with Crippen LogP contribution in [-0.4, -0.2) is 96.7 Å². The number of rotatable bonds is 77. The van der Waals surface area contributed by atoms with Gasteiger partial charge in [0.1, 0.15) is 19.3 Å². The predicted molar refractivity (Wildman–Crippen MR) is 400 cm³/mol. The lowest BCUT2D eigenvalue weighted by Gasteiger charge is -2.21. The van der Waals surface area contributed by atoms with Gasteiger partial charge in [-0.25, -0.2) is 9.13 Å². The molecule has 7 atom stereocenters. The van der Waals surface area contributed by atoms with Gasteiger partial charge in [0.25, 0.3) is 0 Å². The van der Waals surface area contributed by atoms with Gasteiger partial charge in [-0.15, -0.1) is 0 Å². The molecule has 0 aromatic carbocycles. The normalized spacial score (nSPS) is 14.6. The van der Waals surface area contributed by atoms with Crippen LogP contribution in [-0.2, 0) is 65.4 Å². The van der Waals surface area contributed by atoms with Gasteiger partial charge in [-0.1, -0.05) is 357 Å². The Morgan fingerprint density at radius 2 is 0.520 bits per heavy atom. The van der Waals surface area contributed by atoms with Crippen molar-refractivity contribution in [3.05, 3.63) is 0 Å². The van der Waals surface area contributed by atoms with Crippen molar-refractivity contribution in [2.24, 2.45) is 17.8 Å². The number of ether oxygens (including phenoxy) is 4. The number of hydrogen-bond acceptors (Lipinski definition) is 15. The minimum Gasteiger partial charge on any atom is -0.462 e. The second-order valence-corrected chi connectivity index (χ2v) is 32.3. The molecule has 19 heteroatoms. The molecule has 4 unspecified atom stereocenters. The van der Waals surface area contributed by atoms with Crippen LogP contribution < -0.4 is 0 Å². The molecule has 0 heterocycles. The van der Waals surface area contributed by atoms with E-state index in [1.54, 1.807) is 0 Å². The third kappa shape index (κ3) is 69.8. The van der Waals surface area contributed by atoms with Crippen LogP contribution >= 0.6 is 15.6 Å². The van der Waals surface area contributed by atoms with Crippen molar-refractivity contribution in [3.8, 4) is 0 Å². The average molecular weight is 1440 g/mol. The Bertz CT molecular complexity index is 1910. The molecule has 0 aromatic rings. The molecule has 0 rings (SSSR count). The molecule has 0 amide bonds. The van der Waals surface area contributed by atoms with Crippen molar-refractivity contribution in [1.29, 1.82) is 0 Å². The van der Waals surface area contributed by atoms with Crippen LogP contribution in [0.2, 0.25) is 0 Å². The summed E-state index contributed by atoms with van der Waals surface area (Å²) in [5, 5.41) is 10.6. The monoisotopic (exact) mass is 1440 g/mol. The lowest BCUT2D eigenvalue weighted by atomic mass is 9.99. The maximum Gasteiger partial charge on any atom is 0.472 e. The Morgan fingerprint density at radius 3 is 0.776 bits per heavy atom. The van der Waals surface area contributed by atoms with Crippen molar-refractivity contribution in [3.63, 3.8) is 0 Å². The fourth-order valence-electron chi connectivity index (χ4n) is 12.1. The third-order valence-corrected chi connectivity index (χ3v) is 21.0. The zero-order valence-electron chi connectivity index (χ0n) is 64.3. The Labute approximate surface area is 600 Å². The Kier molecular flexibility index (Phi) is 68.1.